The minimum atomic E-state index is -0.787. The van der Waals surface area contributed by atoms with Crippen molar-refractivity contribution < 1.29 is 18.8 Å². The van der Waals surface area contributed by atoms with Crippen LogP contribution in [0.5, 0.6) is 0 Å². The van der Waals surface area contributed by atoms with E-state index >= 15 is 0 Å². The van der Waals surface area contributed by atoms with Crippen molar-refractivity contribution in [3.8, 4) is 11.1 Å². The van der Waals surface area contributed by atoms with Gasteiger partial charge < -0.3 is 31.9 Å². The summed E-state index contributed by atoms with van der Waals surface area (Å²) in [6, 6.07) is 18.5. The summed E-state index contributed by atoms with van der Waals surface area (Å²) in [6.45, 7) is 4.45. The highest BCUT2D eigenvalue weighted by Gasteiger charge is 2.32. The molecule has 1 aliphatic rings. The van der Waals surface area contributed by atoms with E-state index in [0.29, 0.717) is 30.6 Å². The van der Waals surface area contributed by atoms with Crippen molar-refractivity contribution >= 4 is 23.7 Å². The van der Waals surface area contributed by atoms with Crippen LogP contribution in [0.4, 0.5) is 19.7 Å². The molecule has 0 unspecified atom stereocenters. The van der Waals surface area contributed by atoms with Crippen LogP contribution in [0.15, 0.2) is 66.7 Å². The third-order valence-electron chi connectivity index (χ3n) is 6.90. The van der Waals surface area contributed by atoms with Crippen molar-refractivity contribution in [1.29, 1.82) is 0 Å². The van der Waals surface area contributed by atoms with Gasteiger partial charge in [0, 0.05) is 31.4 Å². The summed E-state index contributed by atoms with van der Waals surface area (Å²) in [4.78, 5) is 39.6. The molecule has 0 radical (unpaired) electrons. The molecule has 0 spiro atoms. The fourth-order valence-electron chi connectivity index (χ4n) is 4.75. The highest BCUT2D eigenvalue weighted by atomic mass is 19.1. The molecule has 1 heterocycles. The number of nitrogens with two attached hydrogens (primary N) is 1. The van der Waals surface area contributed by atoms with Gasteiger partial charge in [-0.3, -0.25) is 4.79 Å². The van der Waals surface area contributed by atoms with Gasteiger partial charge in [-0.25, -0.2) is 14.0 Å². The summed E-state index contributed by atoms with van der Waals surface area (Å²) in [5, 5.41) is 10.9. The molecule has 9 nitrogen and oxygen atoms in total. The van der Waals surface area contributed by atoms with Gasteiger partial charge in [-0.2, -0.15) is 0 Å². The number of halogens is 1. The lowest BCUT2D eigenvalue weighted by Crippen LogP contribution is -2.53. The van der Waals surface area contributed by atoms with Gasteiger partial charge in [-0.15, -0.1) is 0 Å². The third-order valence-corrected chi connectivity index (χ3v) is 6.90. The van der Waals surface area contributed by atoms with E-state index in [4.69, 9.17) is 5.73 Å². The first kappa shape index (κ1) is 29.5. The summed E-state index contributed by atoms with van der Waals surface area (Å²) in [7, 11) is 1.57. The predicted molar refractivity (Wildman–Crippen MR) is 158 cm³/mol. The van der Waals surface area contributed by atoms with E-state index in [9.17, 15) is 18.8 Å². The number of carbonyl (C=O) groups is 3. The molecule has 0 saturated heterocycles. The van der Waals surface area contributed by atoms with Crippen molar-refractivity contribution in [2.75, 3.05) is 18.5 Å². The van der Waals surface area contributed by atoms with E-state index < -0.39 is 17.6 Å². The van der Waals surface area contributed by atoms with Gasteiger partial charge in [0.25, 0.3) is 0 Å². The maximum absolute atomic E-state index is 14.1. The Labute approximate surface area is 239 Å². The number of carbonyl (C=O) groups excluding carboxylic acids is 3. The quantitative estimate of drug-likeness (QED) is 0.287. The van der Waals surface area contributed by atoms with E-state index in [1.165, 1.54) is 12.1 Å². The number of nitrogens with one attached hydrogen (secondary N) is 4. The zero-order chi connectivity index (χ0) is 29.6. The fourth-order valence-corrected chi connectivity index (χ4v) is 4.75. The second-order valence-electron chi connectivity index (χ2n) is 10.9. The first-order chi connectivity index (χ1) is 19.5. The Hall–Kier alpha value is -4.44. The minimum absolute atomic E-state index is 0.242. The number of anilines is 1. The maximum atomic E-state index is 14.1. The van der Waals surface area contributed by atoms with Crippen molar-refractivity contribution in [2.24, 2.45) is 5.73 Å². The second-order valence-corrected chi connectivity index (χ2v) is 10.9. The molecule has 3 aromatic carbocycles. The smallest absolute Gasteiger partial charge is 0.315 e. The van der Waals surface area contributed by atoms with Gasteiger partial charge in [-0.05, 0) is 72.7 Å². The summed E-state index contributed by atoms with van der Waals surface area (Å²) in [5.74, 6) is -0.647. The molecule has 41 heavy (non-hydrogen) atoms. The molecule has 0 fully saturated rings. The SMILES string of the molecule is CNC(=O)NCc1ccccc1-c1ccc(CN2C(=O)[C@H](NC(=O)NCC(C)(C)N)CCc3cc(F)ccc32)cc1. The fraction of sp³-hybridized carbons (Fsp3) is 0.323. The van der Waals surface area contributed by atoms with E-state index in [-0.39, 0.29) is 30.8 Å². The first-order valence-corrected chi connectivity index (χ1v) is 13.6. The van der Waals surface area contributed by atoms with Crippen molar-refractivity contribution in [2.45, 2.75) is 51.4 Å². The summed E-state index contributed by atoms with van der Waals surface area (Å²) in [5.41, 5.74) is 10.5. The van der Waals surface area contributed by atoms with Gasteiger partial charge in [0.1, 0.15) is 11.9 Å². The van der Waals surface area contributed by atoms with Crippen LogP contribution in [-0.4, -0.2) is 43.1 Å². The second kappa shape index (κ2) is 12.8. The monoisotopic (exact) mass is 560 g/mol. The van der Waals surface area contributed by atoms with Gasteiger partial charge in [0.05, 0.1) is 6.54 Å². The lowest BCUT2D eigenvalue weighted by Gasteiger charge is -2.27. The minimum Gasteiger partial charge on any atom is -0.341 e. The molecule has 0 aliphatic carbocycles. The van der Waals surface area contributed by atoms with Crippen LogP contribution >= 0.6 is 0 Å². The lowest BCUT2D eigenvalue weighted by atomic mass is 9.98. The van der Waals surface area contributed by atoms with Crippen LogP contribution in [0.25, 0.3) is 11.1 Å². The largest absolute Gasteiger partial charge is 0.341 e. The van der Waals surface area contributed by atoms with E-state index in [2.05, 4.69) is 21.3 Å². The Morgan fingerprint density at radius 2 is 1.76 bits per heavy atom. The Balaban J connectivity index is 1.55. The normalized spacial score (nSPS) is 15.0. The molecular formula is C31H37FN6O3. The molecular weight excluding hydrogens is 523 g/mol. The highest BCUT2D eigenvalue weighted by molar-refractivity contribution is 6.00. The Bertz CT molecular complexity index is 1400. The van der Waals surface area contributed by atoms with Gasteiger partial charge in [-0.1, -0.05) is 48.5 Å². The van der Waals surface area contributed by atoms with Crippen LogP contribution in [0.3, 0.4) is 0 Å². The molecule has 5 amide bonds. The van der Waals surface area contributed by atoms with Crippen LogP contribution in [0, 0.1) is 5.82 Å². The van der Waals surface area contributed by atoms with Crippen molar-refractivity contribution in [3.05, 3.63) is 89.2 Å². The van der Waals surface area contributed by atoms with E-state index in [0.717, 1.165) is 22.3 Å². The summed E-state index contributed by atoms with van der Waals surface area (Å²) >= 11 is 0. The van der Waals surface area contributed by atoms with Crippen LogP contribution in [0.2, 0.25) is 0 Å². The number of fused-ring (bicyclic) bond motifs is 1. The van der Waals surface area contributed by atoms with Crippen molar-refractivity contribution in [3.63, 3.8) is 0 Å². The lowest BCUT2D eigenvalue weighted by molar-refractivity contribution is -0.120. The van der Waals surface area contributed by atoms with Crippen LogP contribution in [0.1, 0.15) is 37.0 Å². The summed E-state index contributed by atoms with van der Waals surface area (Å²) in [6.07, 6.45) is 0.771. The number of hydrogen-bond donors (Lipinski definition) is 5. The van der Waals surface area contributed by atoms with Gasteiger partial charge in [0.15, 0.2) is 0 Å². The number of aryl methyl sites for hydroxylation is 1. The zero-order valence-electron chi connectivity index (χ0n) is 23.6. The number of benzene rings is 3. The number of urea groups is 2. The molecule has 3 aromatic rings. The van der Waals surface area contributed by atoms with Crippen LogP contribution in [-0.2, 0) is 24.3 Å². The average molecular weight is 561 g/mol. The standard InChI is InChI=1S/C31H37FN6O3/c1-31(2,33)19-36-30(41)37-26-14-12-22-16-24(32)13-15-27(22)38(28(26)39)18-20-8-10-21(11-9-20)25-7-5-4-6-23(25)17-35-29(40)34-3/h4-11,13,15-16,26H,12,14,17-19,33H2,1-3H3,(H2,34,35,40)(H2,36,37,41)/t26-/m1/s1. The molecule has 0 aromatic heterocycles. The van der Waals surface area contributed by atoms with Gasteiger partial charge in [0.2, 0.25) is 5.91 Å². The molecule has 0 saturated carbocycles. The average Bonchev–Trinajstić information content (AvgIpc) is 3.07. The van der Waals surface area contributed by atoms with E-state index in [1.54, 1.807) is 31.9 Å². The summed E-state index contributed by atoms with van der Waals surface area (Å²) < 4.78 is 14.1. The Morgan fingerprint density at radius 3 is 2.46 bits per heavy atom. The number of nitrogens with zero attached hydrogens (tertiary/aromatic N) is 1. The van der Waals surface area contributed by atoms with Crippen molar-refractivity contribution in [1.82, 2.24) is 21.3 Å². The van der Waals surface area contributed by atoms with Gasteiger partial charge >= 0.3 is 12.1 Å². The predicted octanol–water partition coefficient (Wildman–Crippen LogP) is 3.81. The highest BCUT2D eigenvalue weighted by Crippen LogP contribution is 2.30. The number of amides is 5. The zero-order valence-corrected chi connectivity index (χ0v) is 23.6. The Morgan fingerprint density at radius 1 is 1.02 bits per heavy atom. The number of rotatable bonds is 8. The first-order valence-electron chi connectivity index (χ1n) is 13.6. The molecule has 6 N–H and O–H groups in total. The van der Waals surface area contributed by atoms with Crippen LogP contribution < -0.4 is 31.9 Å². The maximum Gasteiger partial charge on any atom is 0.315 e. The molecule has 4 rings (SSSR count). The third kappa shape index (κ3) is 7.82. The molecule has 0 bridgehead atoms. The topological polar surface area (TPSA) is 129 Å². The molecule has 10 heteroatoms. The van der Waals surface area contributed by atoms with E-state index in [1.807, 2.05) is 48.5 Å². The number of hydrogen-bond acceptors (Lipinski definition) is 4. The molecule has 1 aliphatic heterocycles. The molecule has 1 atom stereocenters. The Kier molecular flexibility index (Phi) is 9.24. The molecule has 216 valence electrons.